The summed E-state index contributed by atoms with van der Waals surface area (Å²) in [5.41, 5.74) is 6.17. The van der Waals surface area contributed by atoms with Gasteiger partial charge in [0.25, 0.3) is 0 Å². The van der Waals surface area contributed by atoms with E-state index >= 15 is 0 Å². The van der Waals surface area contributed by atoms with E-state index < -0.39 is 0 Å². The van der Waals surface area contributed by atoms with E-state index in [0.717, 1.165) is 6.54 Å². The van der Waals surface area contributed by atoms with Crippen molar-refractivity contribution in [2.45, 2.75) is 65.5 Å². The molecule has 0 aliphatic rings. The fourth-order valence-corrected chi connectivity index (χ4v) is 2.12. The number of likely N-dealkylation sites (N-methyl/N-ethyl adjacent to an activating group) is 1. The van der Waals surface area contributed by atoms with Gasteiger partial charge in [-0.05, 0) is 39.7 Å². The predicted molar refractivity (Wildman–Crippen MR) is 69.0 cm³/mol. The SMILES string of the molecule is CCCC(C)C(CN)N(C)C(C)(C)CC. The van der Waals surface area contributed by atoms with Gasteiger partial charge in [0.05, 0.1) is 0 Å². The Hall–Kier alpha value is -0.0800. The van der Waals surface area contributed by atoms with Crippen molar-refractivity contribution in [3.63, 3.8) is 0 Å². The van der Waals surface area contributed by atoms with Gasteiger partial charge in [0.1, 0.15) is 0 Å². The lowest BCUT2D eigenvalue weighted by molar-refractivity contribution is 0.0688. The molecular weight excluding hydrogens is 184 g/mol. The molecule has 0 spiro atoms. The Morgan fingerprint density at radius 2 is 1.80 bits per heavy atom. The highest BCUT2D eigenvalue weighted by atomic mass is 15.2. The molecule has 92 valence electrons. The fraction of sp³-hybridized carbons (Fsp3) is 1.00. The Morgan fingerprint density at radius 3 is 2.13 bits per heavy atom. The fourth-order valence-electron chi connectivity index (χ4n) is 2.12. The minimum atomic E-state index is 0.256. The summed E-state index contributed by atoms with van der Waals surface area (Å²) >= 11 is 0. The number of rotatable bonds is 7. The molecule has 0 saturated heterocycles. The van der Waals surface area contributed by atoms with Crippen LogP contribution in [-0.2, 0) is 0 Å². The van der Waals surface area contributed by atoms with Gasteiger partial charge in [-0.3, -0.25) is 4.90 Å². The van der Waals surface area contributed by atoms with Crippen molar-refractivity contribution in [1.82, 2.24) is 4.90 Å². The van der Waals surface area contributed by atoms with Crippen LogP contribution < -0.4 is 5.73 Å². The van der Waals surface area contributed by atoms with E-state index in [0.29, 0.717) is 12.0 Å². The van der Waals surface area contributed by atoms with Crippen LogP contribution >= 0.6 is 0 Å². The second-order valence-electron chi connectivity index (χ2n) is 5.35. The zero-order valence-electron chi connectivity index (χ0n) is 11.5. The molecule has 0 radical (unpaired) electrons. The Labute approximate surface area is 96.2 Å². The largest absolute Gasteiger partial charge is 0.329 e. The summed E-state index contributed by atoms with van der Waals surface area (Å²) in [6.07, 6.45) is 3.68. The summed E-state index contributed by atoms with van der Waals surface area (Å²) in [7, 11) is 2.22. The van der Waals surface area contributed by atoms with E-state index in [-0.39, 0.29) is 5.54 Å². The van der Waals surface area contributed by atoms with Gasteiger partial charge in [-0.1, -0.05) is 27.2 Å². The molecule has 0 amide bonds. The van der Waals surface area contributed by atoms with Crippen LogP contribution in [0, 0.1) is 5.92 Å². The van der Waals surface area contributed by atoms with E-state index in [1.54, 1.807) is 0 Å². The normalized spacial score (nSPS) is 16.8. The van der Waals surface area contributed by atoms with Crippen molar-refractivity contribution in [3.8, 4) is 0 Å². The summed E-state index contributed by atoms with van der Waals surface area (Å²) in [6, 6.07) is 0.514. The smallest absolute Gasteiger partial charge is 0.0246 e. The standard InChI is InChI=1S/C13H30N2/c1-7-9-11(3)12(10-14)15(6)13(4,5)8-2/h11-12H,7-10,14H2,1-6H3. The van der Waals surface area contributed by atoms with E-state index in [4.69, 9.17) is 5.73 Å². The summed E-state index contributed by atoms with van der Waals surface area (Å²) in [5, 5.41) is 0. The Bertz CT molecular complexity index is 166. The maximum absolute atomic E-state index is 5.91. The molecule has 2 N–H and O–H groups in total. The maximum atomic E-state index is 5.91. The molecule has 2 nitrogen and oxygen atoms in total. The predicted octanol–water partition coefficient (Wildman–Crippen LogP) is 2.87. The van der Waals surface area contributed by atoms with Gasteiger partial charge in [-0.25, -0.2) is 0 Å². The van der Waals surface area contributed by atoms with Crippen molar-refractivity contribution in [2.24, 2.45) is 11.7 Å². The maximum Gasteiger partial charge on any atom is 0.0246 e. The van der Waals surface area contributed by atoms with Gasteiger partial charge in [-0.15, -0.1) is 0 Å². The third kappa shape index (κ3) is 4.12. The molecule has 0 rings (SSSR count). The molecule has 2 atom stereocenters. The first-order chi connectivity index (χ1) is 6.90. The molecule has 0 aromatic heterocycles. The minimum absolute atomic E-state index is 0.256. The quantitative estimate of drug-likeness (QED) is 0.706. The monoisotopic (exact) mass is 214 g/mol. The van der Waals surface area contributed by atoms with Gasteiger partial charge in [0, 0.05) is 18.1 Å². The molecule has 2 heteroatoms. The average molecular weight is 214 g/mol. The molecule has 0 aliphatic carbocycles. The second kappa shape index (κ2) is 6.49. The van der Waals surface area contributed by atoms with Crippen LogP contribution in [0.5, 0.6) is 0 Å². The number of nitrogens with zero attached hydrogens (tertiary/aromatic N) is 1. The van der Waals surface area contributed by atoms with Crippen molar-refractivity contribution in [2.75, 3.05) is 13.6 Å². The Balaban J connectivity index is 4.52. The molecule has 0 heterocycles. The van der Waals surface area contributed by atoms with E-state index in [2.05, 4.69) is 46.6 Å². The van der Waals surface area contributed by atoms with Gasteiger partial charge >= 0.3 is 0 Å². The van der Waals surface area contributed by atoms with Crippen molar-refractivity contribution < 1.29 is 0 Å². The Kier molecular flexibility index (Phi) is 6.46. The summed E-state index contributed by atoms with van der Waals surface area (Å²) in [5.74, 6) is 0.691. The molecule has 0 aromatic rings. The third-order valence-electron chi connectivity index (χ3n) is 3.96. The summed E-state index contributed by atoms with van der Waals surface area (Å²) < 4.78 is 0. The molecule has 0 fully saturated rings. The molecule has 0 aliphatic heterocycles. The minimum Gasteiger partial charge on any atom is -0.329 e. The second-order valence-corrected chi connectivity index (χ2v) is 5.35. The zero-order valence-corrected chi connectivity index (χ0v) is 11.5. The van der Waals surface area contributed by atoms with Crippen LogP contribution in [0.4, 0.5) is 0 Å². The number of nitrogens with two attached hydrogens (primary N) is 1. The lowest BCUT2D eigenvalue weighted by Crippen LogP contribution is -2.52. The van der Waals surface area contributed by atoms with Crippen LogP contribution in [0.15, 0.2) is 0 Å². The first-order valence-corrected chi connectivity index (χ1v) is 6.33. The highest BCUT2D eigenvalue weighted by Gasteiger charge is 2.29. The van der Waals surface area contributed by atoms with Crippen LogP contribution in [0.25, 0.3) is 0 Å². The molecule has 2 unspecified atom stereocenters. The van der Waals surface area contributed by atoms with Crippen LogP contribution in [0.2, 0.25) is 0 Å². The van der Waals surface area contributed by atoms with Crippen LogP contribution in [0.1, 0.15) is 53.9 Å². The molecule has 0 bridgehead atoms. The van der Waals surface area contributed by atoms with Crippen molar-refractivity contribution >= 4 is 0 Å². The topological polar surface area (TPSA) is 29.3 Å². The van der Waals surface area contributed by atoms with E-state index in [9.17, 15) is 0 Å². The lowest BCUT2D eigenvalue weighted by atomic mass is 9.90. The molecular formula is C13H30N2. The third-order valence-corrected chi connectivity index (χ3v) is 3.96. The van der Waals surface area contributed by atoms with Crippen LogP contribution in [-0.4, -0.2) is 30.1 Å². The van der Waals surface area contributed by atoms with Crippen LogP contribution in [0.3, 0.4) is 0 Å². The van der Waals surface area contributed by atoms with E-state index in [1.165, 1.54) is 19.3 Å². The summed E-state index contributed by atoms with van der Waals surface area (Å²) in [4.78, 5) is 2.47. The first-order valence-electron chi connectivity index (χ1n) is 6.33. The Morgan fingerprint density at radius 1 is 1.27 bits per heavy atom. The molecule has 15 heavy (non-hydrogen) atoms. The van der Waals surface area contributed by atoms with Gasteiger partial charge in [0.15, 0.2) is 0 Å². The van der Waals surface area contributed by atoms with Crippen molar-refractivity contribution in [1.29, 1.82) is 0 Å². The van der Waals surface area contributed by atoms with Gasteiger partial charge < -0.3 is 5.73 Å². The van der Waals surface area contributed by atoms with Gasteiger partial charge in [-0.2, -0.15) is 0 Å². The lowest BCUT2D eigenvalue weighted by Gasteiger charge is -2.43. The zero-order chi connectivity index (χ0) is 12.1. The van der Waals surface area contributed by atoms with E-state index in [1.807, 2.05) is 0 Å². The average Bonchev–Trinajstić information content (AvgIpc) is 2.19. The van der Waals surface area contributed by atoms with Crippen molar-refractivity contribution in [3.05, 3.63) is 0 Å². The number of hydrogen-bond acceptors (Lipinski definition) is 2. The highest BCUT2D eigenvalue weighted by Crippen LogP contribution is 2.24. The number of hydrogen-bond donors (Lipinski definition) is 1. The van der Waals surface area contributed by atoms with Gasteiger partial charge in [0.2, 0.25) is 0 Å². The first kappa shape index (κ1) is 14.9. The highest BCUT2D eigenvalue weighted by molar-refractivity contribution is 4.86. The molecule has 0 saturated carbocycles. The molecule has 0 aromatic carbocycles. The summed E-state index contributed by atoms with van der Waals surface area (Å²) in [6.45, 7) is 12.2.